The molecular weight excluding hydrogens is 384 g/mol. The van der Waals surface area contributed by atoms with E-state index in [1.165, 1.54) is 0 Å². The number of carbonyl (C=O) groups excluding carboxylic acids is 1. The van der Waals surface area contributed by atoms with Gasteiger partial charge in [-0.15, -0.1) is 0 Å². The molecule has 1 aliphatic carbocycles. The normalized spacial score (nSPS) is 21.6. The van der Waals surface area contributed by atoms with Crippen molar-refractivity contribution in [3.63, 3.8) is 0 Å². The minimum atomic E-state index is -0.376. The van der Waals surface area contributed by atoms with Crippen molar-refractivity contribution in [2.75, 3.05) is 5.32 Å². The van der Waals surface area contributed by atoms with Crippen LogP contribution in [-0.4, -0.2) is 16.0 Å². The van der Waals surface area contributed by atoms with Gasteiger partial charge in [0.05, 0.1) is 17.2 Å². The third kappa shape index (κ3) is 2.59. The van der Waals surface area contributed by atoms with Gasteiger partial charge >= 0.3 is 0 Å². The molecule has 0 bridgehead atoms. The van der Waals surface area contributed by atoms with Gasteiger partial charge < -0.3 is 14.9 Å². The zero-order chi connectivity index (χ0) is 17.9. The number of nitrogens with one attached hydrogen (secondary N) is 1. The number of benzene rings is 1. The standard InChI is InChI=1S/C19H19BrN2O3/c1-9-15-16(11-6-10(20)4-5-13(11)23)17-12(21-18(15)25-22-9)7-19(2,3)8-14(17)24/h4-6,16,21,23H,7-8H2,1-3H3/t16-/m1/s1. The number of halogens is 1. The van der Waals surface area contributed by atoms with Gasteiger partial charge in [-0.25, -0.2) is 0 Å². The highest BCUT2D eigenvalue weighted by Gasteiger charge is 2.43. The average Bonchev–Trinajstić information content (AvgIpc) is 2.87. The minimum Gasteiger partial charge on any atom is -0.508 e. The largest absolute Gasteiger partial charge is 0.508 e. The molecule has 6 heteroatoms. The second-order valence-electron chi connectivity index (χ2n) is 7.61. The molecule has 0 spiro atoms. The predicted octanol–water partition coefficient (Wildman–Crippen LogP) is 4.65. The van der Waals surface area contributed by atoms with Gasteiger partial charge in [0.2, 0.25) is 5.88 Å². The van der Waals surface area contributed by atoms with Crippen LogP contribution in [0.2, 0.25) is 0 Å². The molecule has 2 aromatic rings. The molecule has 0 saturated heterocycles. The summed E-state index contributed by atoms with van der Waals surface area (Å²) in [5.74, 6) is 0.449. The molecule has 0 unspecified atom stereocenters. The Morgan fingerprint density at radius 2 is 2.12 bits per heavy atom. The number of carbonyl (C=O) groups is 1. The number of phenolic OH excluding ortho intramolecular Hbond substituents is 1. The summed E-state index contributed by atoms with van der Waals surface area (Å²) >= 11 is 3.47. The fraction of sp³-hybridized carbons (Fsp3) is 0.368. The van der Waals surface area contributed by atoms with E-state index in [0.717, 1.165) is 27.8 Å². The average molecular weight is 403 g/mol. The molecule has 2 N–H and O–H groups in total. The van der Waals surface area contributed by atoms with Gasteiger partial charge in [-0.3, -0.25) is 4.79 Å². The molecule has 25 heavy (non-hydrogen) atoms. The summed E-state index contributed by atoms with van der Waals surface area (Å²) in [7, 11) is 0. The van der Waals surface area contributed by atoms with E-state index in [0.29, 0.717) is 23.4 Å². The Labute approximate surface area is 154 Å². The van der Waals surface area contributed by atoms with Crippen LogP contribution >= 0.6 is 15.9 Å². The topological polar surface area (TPSA) is 75.4 Å². The van der Waals surface area contributed by atoms with Crippen LogP contribution < -0.4 is 5.32 Å². The quantitative estimate of drug-likeness (QED) is 0.725. The van der Waals surface area contributed by atoms with Crippen molar-refractivity contribution in [2.24, 2.45) is 5.41 Å². The highest BCUT2D eigenvalue weighted by molar-refractivity contribution is 9.10. The molecule has 0 fully saturated rings. The number of rotatable bonds is 1. The summed E-state index contributed by atoms with van der Waals surface area (Å²) in [5.41, 5.74) is 3.69. The lowest BCUT2D eigenvalue weighted by molar-refractivity contribution is -0.118. The van der Waals surface area contributed by atoms with Crippen molar-refractivity contribution < 1.29 is 14.4 Å². The SMILES string of the molecule is Cc1noc2c1[C@@H](c1cc(Br)ccc1O)C1=C(CC(C)(C)CC1=O)N2. The number of hydrogen-bond donors (Lipinski definition) is 2. The number of aromatic hydroxyl groups is 1. The maximum Gasteiger partial charge on any atom is 0.233 e. The van der Waals surface area contributed by atoms with Gasteiger partial charge in [-0.2, -0.15) is 0 Å². The van der Waals surface area contributed by atoms with Crippen molar-refractivity contribution in [2.45, 2.75) is 39.5 Å². The first kappa shape index (κ1) is 16.4. The van der Waals surface area contributed by atoms with Crippen LogP contribution in [0.25, 0.3) is 0 Å². The highest BCUT2D eigenvalue weighted by Crippen LogP contribution is 2.51. The molecule has 0 radical (unpaired) electrons. The molecule has 0 amide bonds. The summed E-state index contributed by atoms with van der Waals surface area (Å²) in [6.07, 6.45) is 1.23. The first-order valence-electron chi connectivity index (χ1n) is 8.25. The van der Waals surface area contributed by atoms with Gasteiger partial charge in [-0.05, 0) is 37.0 Å². The van der Waals surface area contributed by atoms with Gasteiger partial charge in [-0.1, -0.05) is 34.9 Å². The second-order valence-corrected chi connectivity index (χ2v) is 8.52. The van der Waals surface area contributed by atoms with E-state index < -0.39 is 0 Å². The van der Waals surface area contributed by atoms with Gasteiger partial charge in [0.25, 0.3) is 0 Å². The molecule has 1 aliphatic heterocycles. The third-order valence-electron chi connectivity index (χ3n) is 4.97. The van der Waals surface area contributed by atoms with E-state index in [9.17, 15) is 9.90 Å². The number of nitrogens with zero attached hydrogens (tertiary/aromatic N) is 1. The zero-order valence-electron chi connectivity index (χ0n) is 14.3. The fourth-order valence-electron chi connectivity index (χ4n) is 3.94. The summed E-state index contributed by atoms with van der Waals surface area (Å²) in [5, 5.41) is 17.8. The summed E-state index contributed by atoms with van der Waals surface area (Å²) in [6.45, 7) is 6.03. The lowest BCUT2D eigenvalue weighted by atomic mass is 9.69. The Hall–Kier alpha value is -2.08. The Kier molecular flexibility index (Phi) is 3.58. The van der Waals surface area contributed by atoms with E-state index >= 15 is 0 Å². The van der Waals surface area contributed by atoms with E-state index in [2.05, 4.69) is 40.3 Å². The molecule has 2 aliphatic rings. The molecule has 5 nitrogen and oxygen atoms in total. The number of aromatic nitrogens is 1. The summed E-state index contributed by atoms with van der Waals surface area (Å²) < 4.78 is 6.31. The Morgan fingerprint density at radius 3 is 2.88 bits per heavy atom. The Balaban J connectivity index is 1.98. The monoisotopic (exact) mass is 402 g/mol. The van der Waals surface area contributed by atoms with Gasteiger partial charge in [0, 0.05) is 27.7 Å². The number of allylic oxidation sites excluding steroid dienone is 2. The lowest BCUT2D eigenvalue weighted by Crippen LogP contribution is -2.33. The van der Waals surface area contributed by atoms with Gasteiger partial charge in [0.1, 0.15) is 5.75 Å². The molecule has 1 aromatic heterocycles. The van der Waals surface area contributed by atoms with Crippen molar-refractivity contribution >= 4 is 27.6 Å². The number of aryl methyl sites for hydroxylation is 1. The highest BCUT2D eigenvalue weighted by atomic mass is 79.9. The van der Waals surface area contributed by atoms with Crippen LogP contribution in [0, 0.1) is 12.3 Å². The van der Waals surface area contributed by atoms with Crippen molar-refractivity contribution in [3.05, 3.63) is 50.8 Å². The number of fused-ring (bicyclic) bond motifs is 1. The molecule has 4 rings (SSSR count). The molecule has 1 atom stereocenters. The van der Waals surface area contributed by atoms with Crippen molar-refractivity contribution in [3.8, 4) is 5.75 Å². The second kappa shape index (κ2) is 5.46. The third-order valence-corrected chi connectivity index (χ3v) is 5.46. The summed E-state index contributed by atoms with van der Waals surface area (Å²) in [4.78, 5) is 13.0. The van der Waals surface area contributed by atoms with E-state index in [-0.39, 0.29) is 22.9 Å². The number of Topliss-reactive ketones (excluding diaryl/α,β-unsaturated/α-hetero) is 1. The van der Waals surface area contributed by atoms with E-state index in [1.54, 1.807) is 12.1 Å². The Bertz CT molecular complexity index is 927. The number of ketones is 1. The Morgan fingerprint density at radius 1 is 1.36 bits per heavy atom. The zero-order valence-corrected chi connectivity index (χ0v) is 15.9. The maximum absolute atomic E-state index is 13.0. The van der Waals surface area contributed by atoms with Crippen LogP contribution in [0.5, 0.6) is 5.75 Å². The molecule has 0 saturated carbocycles. The lowest BCUT2D eigenvalue weighted by Gasteiger charge is -2.37. The van der Waals surface area contributed by atoms with Crippen LogP contribution in [-0.2, 0) is 4.79 Å². The first-order chi connectivity index (χ1) is 11.8. The smallest absolute Gasteiger partial charge is 0.233 e. The number of phenols is 1. The minimum absolute atomic E-state index is 0.106. The van der Waals surface area contributed by atoms with Crippen molar-refractivity contribution in [1.29, 1.82) is 0 Å². The van der Waals surface area contributed by atoms with Crippen LogP contribution in [0.3, 0.4) is 0 Å². The molecule has 130 valence electrons. The van der Waals surface area contributed by atoms with Gasteiger partial charge in [0.15, 0.2) is 5.78 Å². The number of hydrogen-bond acceptors (Lipinski definition) is 5. The van der Waals surface area contributed by atoms with Crippen LogP contribution in [0.15, 0.2) is 38.5 Å². The predicted molar refractivity (Wildman–Crippen MR) is 97.6 cm³/mol. The molecule has 2 heterocycles. The fourth-order valence-corrected chi connectivity index (χ4v) is 4.32. The first-order valence-corrected chi connectivity index (χ1v) is 9.04. The summed E-state index contributed by atoms with van der Waals surface area (Å²) in [6, 6.07) is 5.28. The van der Waals surface area contributed by atoms with E-state index in [1.807, 2.05) is 13.0 Å². The van der Waals surface area contributed by atoms with Crippen molar-refractivity contribution in [1.82, 2.24) is 5.16 Å². The molecular formula is C19H19BrN2O3. The molecule has 1 aromatic carbocycles. The van der Waals surface area contributed by atoms with Crippen LogP contribution in [0.1, 0.15) is 49.4 Å². The van der Waals surface area contributed by atoms with Crippen LogP contribution in [0.4, 0.5) is 5.88 Å². The van der Waals surface area contributed by atoms with E-state index in [4.69, 9.17) is 4.52 Å². The number of anilines is 1. The maximum atomic E-state index is 13.0.